The van der Waals surface area contributed by atoms with E-state index in [0.29, 0.717) is 57.3 Å². The van der Waals surface area contributed by atoms with Crippen LogP contribution >= 0.6 is 0 Å². The van der Waals surface area contributed by atoms with Gasteiger partial charge in [0.05, 0.1) is 11.8 Å². The van der Waals surface area contributed by atoms with Gasteiger partial charge in [0.1, 0.15) is 23.5 Å². The SMILES string of the molecule is CC(C)N(C(=O)c1cc(F)ccc1Oc1cncnc1N1CC2(CCN(CC3=CCN(S(=O)(=O)N4CC5(CN(C(=O)OC(C)(C)C)C5)C4)CC3)CC2)C1)C(C)C. The highest BCUT2D eigenvalue weighted by Crippen LogP contribution is 2.46. The van der Waals surface area contributed by atoms with Gasteiger partial charge in [-0.25, -0.2) is 19.2 Å². The molecule has 7 rings (SSSR count). The third kappa shape index (κ3) is 8.25. The van der Waals surface area contributed by atoms with Crippen molar-refractivity contribution in [2.24, 2.45) is 10.8 Å². The number of carbonyl (C=O) groups excluding carboxylic acids is 2. The number of benzene rings is 1. The van der Waals surface area contributed by atoms with Gasteiger partial charge in [-0.1, -0.05) is 11.6 Å². The smallest absolute Gasteiger partial charge is 0.410 e. The second-order valence-electron chi connectivity index (χ2n) is 18.1. The summed E-state index contributed by atoms with van der Waals surface area (Å²) in [4.78, 5) is 42.7. The van der Waals surface area contributed by atoms with Gasteiger partial charge in [0.2, 0.25) is 0 Å². The Morgan fingerprint density at radius 1 is 0.929 bits per heavy atom. The van der Waals surface area contributed by atoms with Crippen molar-refractivity contribution in [2.45, 2.75) is 85.4 Å². The van der Waals surface area contributed by atoms with E-state index >= 15 is 0 Å². The number of hydrogen-bond donors (Lipinski definition) is 0. The molecule has 306 valence electrons. The van der Waals surface area contributed by atoms with Crippen LogP contribution in [0.2, 0.25) is 0 Å². The van der Waals surface area contributed by atoms with Gasteiger partial charge in [0.25, 0.3) is 16.1 Å². The van der Waals surface area contributed by atoms with Crippen molar-refractivity contribution in [3.05, 3.63) is 53.8 Å². The lowest BCUT2D eigenvalue weighted by Gasteiger charge is -2.59. The number of carbonyl (C=O) groups is 2. The lowest BCUT2D eigenvalue weighted by Crippen LogP contribution is -2.74. The first kappa shape index (κ1) is 40.3. The molecule has 5 aliphatic heterocycles. The Balaban J connectivity index is 0.882. The molecular formula is C40H57FN8O6S. The minimum absolute atomic E-state index is 0.0781. The van der Waals surface area contributed by atoms with Crippen LogP contribution in [0.25, 0.3) is 0 Å². The number of halogens is 1. The van der Waals surface area contributed by atoms with Gasteiger partial charge in [-0.3, -0.25) is 9.69 Å². The topological polar surface area (TPSA) is 132 Å². The maximum atomic E-state index is 14.4. The fourth-order valence-electron chi connectivity index (χ4n) is 8.90. The molecule has 16 heteroatoms. The van der Waals surface area contributed by atoms with E-state index in [1.807, 2.05) is 48.5 Å². The molecule has 4 fully saturated rings. The summed E-state index contributed by atoms with van der Waals surface area (Å²) < 4.78 is 56.2. The monoisotopic (exact) mass is 796 g/mol. The first-order chi connectivity index (χ1) is 26.4. The molecule has 2 amide bonds. The summed E-state index contributed by atoms with van der Waals surface area (Å²) in [6, 6.07) is 3.85. The fourth-order valence-corrected chi connectivity index (χ4v) is 10.7. The lowest BCUT2D eigenvalue weighted by atomic mass is 9.72. The normalized spacial score (nSPS) is 21.4. The van der Waals surface area contributed by atoms with Gasteiger partial charge in [-0.15, -0.1) is 0 Å². The predicted octanol–water partition coefficient (Wildman–Crippen LogP) is 5.00. The van der Waals surface area contributed by atoms with Crippen LogP contribution in [0, 0.1) is 16.6 Å². The molecule has 1 aromatic heterocycles. The van der Waals surface area contributed by atoms with Crippen LogP contribution < -0.4 is 9.64 Å². The summed E-state index contributed by atoms with van der Waals surface area (Å²) in [7, 11) is -3.55. The number of aromatic nitrogens is 2. The molecule has 4 saturated heterocycles. The van der Waals surface area contributed by atoms with Crippen molar-refractivity contribution in [3.8, 4) is 11.5 Å². The third-order valence-electron chi connectivity index (χ3n) is 11.7. The van der Waals surface area contributed by atoms with E-state index in [-0.39, 0.29) is 46.2 Å². The number of rotatable bonds is 10. The first-order valence-electron chi connectivity index (χ1n) is 19.8. The Morgan fingerprint density at radius 2 is 1.61 bits per heavy atom. The van der Waals surface area contributed by atoms with Crippen LogP contribution in [-0.2, 0) is 14.9 Å². The lowest BCUT2D eigenvalue weighted by molar-refractivity contribution is -0.0852. The van der Waals surface area contributed by atoms with Gasteiger partial charge in [0.15, 0.2) is 11.6 Å². The second kappa shape index (κ2) is 15.1. The van der Waals surface area contributed by atoms with E-state index in [1.165, 1.54) is 30.1 Å². The first-order valence-corrected chi connectivity index (χ1v) is 21.2. The molecule has 56 heavy (non-hydrogen) atoms. The molecule has 6 heterocycles. The Hall–Kier alpha value is -3.86. The summed E-state index contributed by atoms with van der Waals surface area (Å²) in [5, 5.41) is 0. The Morgan fingerprint density at radius 3 is 2.21 bits per heavy atom. The van der Waals surface area contributed by atoms with Crippen molar-refractivity contribution in [2.75, 3.05) is 76.9 Å². The summed E-state index contributed by atoms with van der Waals surface area (Å²) in [6.07, 6.45) is 7.62. The number of nitrogens with zero attached hydrogens (tertiary/aromatic N) is 8. The molecule has 2 spiro atoms. The van der Waals surface area contributed by atoms with Gasteiger partial charge in [0, 0.05) is 81.8 Å². The molecule has 0 aliphatic carbocycles. The van der Waals surface area contributed by atoms with Crippen LogP contribution in [0.3, 0.4) is 0 Å². The highest BCUT2D eigenvalue weighted by atomic mass is 32.2. The van der Waals surface area contributed by atoms with Crippen LogP contribution in [0.15, 0.2) is 42.4 Å². The zero-order valence-electron chi connectivity index (χ0n) is 33.8. The maximum absolute atomic E-state index is 14.4. The zero-order chi connectivity index (χ0) is 40.2. The number of hydrogen-bond acceptors (Lipinski definition) is 10. The van der Waals surface area contributed by atoms with Gasteiger partial charge >= 0.3 is 6.09 Å². The predicted molar refractivity (Wildman–Crippen MR) is 210 cm³/mol. The van der Waals surface area contributed by atoms with E-state index in [9.17, 15) is 22.4 Å². The van der Waals surface area contributed by atoms with E-state index in [0.717, 1.165) is 45.6 Å². The minimum Gasteiger partial charge on any atom is -0.451 e. The fraction of sp³-hybridized carbons (Fsp3) is 0.650. The minimum atomic E-state index is -3.55. The summed E-state index contributed by atoms with van der Waals surface area (Å²) in [5.41, 5.74) is 0.883. The summed E-state index contributed by atoms with van der Waals surface area (Å²) in [5.74, 6) is 0.520. The maximum Gasteiger partial charge on any atom is 0.410 e. The molecular weight excluding hydrogens is 740 g/mol. The quantitative estimate of drug-likeness (QED) is 0.303. The molecule has 1 aromatic carbocycles. The van der Waals surface area contributed by atoms with E-state index in [1.54, 1.807) is 24.6 Å². The molecule has 2 aromatic rings. The number of ether oxygens (including phenoxy) is 2. The standard InChI is InChI=1S/C40H57FN8O6S/c1-28(2)49(29(3)4)36(50)32-18-31(41)8-9-33(32)54-34-19-42-27-43-35(34)45-21-39(22-45)12-16-44(17-13-39)20-30-10-14-47(15-11-30)56(52,53)48-25-40(26-48)23-46(24-40)37(51)55-38(5,6)7/h8-10,18-19,27-29H,11-17,20-26H2,1-7H3. The number of piperidine rings is 1. The summed E-state index contributed by atoms with van der Waals surface area (Å²) in [6.45, 7) is 20.4. The van der Waals surface area contributed by atoms with Crippen LogP contribution in [0.1, 0.15) is 78.1 Å². The average Bonchev–Trinajstić information content (AvgIpc) is 3.06. The highest BCUT2D eigenvalue weighted by Gasteiger charge is 2.57. The van der Waals surface area contributed by atoms with E-state index in [2.05, 4.69) is 25.8 Å². The van der Waals surface area contributed by atoms with E-state index in [4.69, 9.17) is 9.47 Å². The van der Waals surface area contributed by atoms with Crippen molar-refractivity contribution < 1.29 is 31.9 Å². The Labute approximate surface area is 330 Å². The van der Waals surface area contributed by atoms with Gasteiger partial charge < -0.3 is 24.2 Å². The molecule has 0 bridgehead atoms. The Bertz CT molecular complexity index is 1930. The molecule has 5 aliphatic rings. The molecule has 0 N–H and O–H groups in total. The molecule has 0 saturated carbocycles. The summed E-state index contributed by atoms with van der Waals surface area (Å²) >= 11 is 0. The molecule has 0 unspecified atom stereocenters. The molecule has 14 nitrogen and oxygen atoms in total. The van der Waals surface area contributed by atoms with Gasteiger partial charge in [-0.05, 0) is 99.0 Å². The third-order valence-corrected chi connectivity index (χ3v) is 13.6. The average molecular weight is 797 g/mol. The highest BCUT2D eigenvalue weighted by molar-refractivity contribution is 7.86. The van der Waals surface area contributed by atoms with Crippen molar-refractivity contribution in [1.82, 2.24) is 33.3 Å². The second-order valence-corrected chi connectivity index (χ2v) is 20.0. The molecule has 0 atom stereocenters. The van der Waals surface area contributed by atoms with Crippen molar-refractivity contribution >= 4 is 28.0 Å². The zero-order valence-corrected chi connectivity index (χ0v) is 34.6. The van der Waals surface area contributed by atoms with Crippen molar-refractivity contribution in [3.63, 3.8) is 0 Å². The largest absolute Gasteiger partial charge is 0.451 e. The van der Waals surface area contributed by atoms with Gasteiger partial charge in [-0.2, -0.15) is 17.0 Å². The Kier molecular flexibility index (Phi) is 10.9. The number of amides is 2. The van der Waals surface area contributed by atoms with Crippen molar-refractivity contribution in [1.29, 1.82) is 0 Å². The van der Waals surface area contributed by atoms with Crippen LogP contribution in [0.4, 0.5) is 15.0 Å². The van der Waals surface area contributed by atoms with Crippen LogP contribution in [0.5, 0.6) is 11.5 Å². The molecule has 0 radical (unpaired) electrons. The van der Waals surface area contributed by atoms with E-state index < -0.39 is 21.6 Å². The van der Waals surface area contributed by atoms with Crippen LogP contribution in [-0.4, -0.2) is 143 Å². The number of likely N-dealkylation sites (tertiary alicyclic amines) is 2. The number of anilines is 1.